The van der Waals surface area contributed by atoms with Crippen molar-refractivity contribution in [1.29, 1.82) is 0 Å². The molecule has 0 saturated heterocycles. The number of amides is 1. The minimum Gasteiger partial charge on any atom is -0.298 e. The van der Waals surface area contributed by atoms with Crippen molar-refractivity contribution in [3.05, 3.63) is 24.2 Å². The van der Waals surface area contributed by atoms with E-state index in [1.807, 2.05) is 13.0 Å². The third-order valence-corrected chi connectivity index (χ3v) is 3.16. The molecule has 5 heteroatoms. The van der Waals surface area contributed by atoms with Gasteiger partial charge in [-0.25, -0.2) is 9.50 Å². The quantitative estimate of drug-likeness (QED) is 0.783. The molecule has 1 saturated carbocycles. The third kappa shape index (κ3) is 1.67. The lowest BCUT2D eigenvalue weighted by atomic mass is 10.3. The van der Waals surface area contributed by atoms with Gasteiger partial charge in [-0.15, -0.1) is 0 Å². The predicted molar refractivity (Wildman–Crippen MR) is 63.9 cm³/mol. The largest absolute Gasteiger partial charge is 0.298 e. The summed E-state index contributed by atoms with van der Waals surface area (Å²) in [6.07, 6.45) is 5.54. The number of hydrogen-bond acceptors (Lipinski definition) is 3. The van der Waals surface area contributed by atoms with E-state index in [1.165, 1.54) is 0 Å². The van der Waals surface area contributed by atoms with Gasteiger partial charge in [0.15, 0.2) is 5.82 Å². The molecule has 2 heterocycles. The zero-order valence-corrected chi connectivity index (χ0v) is 9.92. The Morgan fingerprint density at radius 1 is 1.53 bits per heavy atom. The smallest absolute Gasteiger partial charge is 0.231 e. The van der Waals surface area contributed by atoms with Crippen molar-refractivity contribution in [2.24, 2.45) is 5.92 Å². The second kappa shape index (κ2) is 3.55. The van der Waals surface area contributed by atoms with Crippen molar-refractivity contribution in [1.82, 2.24) is 14.6 Å². The van der Waals surface area contributed by atoms with Gasteiger partial charge in [0, 0.05) is 13.0 Å². The molecule has 0 N–H and O–H groups in total. The van der Waals surface area contributed by atoms with E-state index in [9.17, 15) is 4.79 Å². The summed E-state index contributed by atoms with van der Waals surface area (Å²) in [6, 6.07) is 1.91. The number of nitrogens with zero attached hydrogens (tertiary/aromatic N) is 4. The first-order valence-corrected chi connectivity index (χ1v) is 5.75. The van der Waals surface area contributed by atoms with Gasteiger partial charge in [-0.3, -0.25) is 9.69 Å². The van der Waals surface area contributed by atoms with Crippen LogP contribution in [0.4, 0.5) is 5.82 Å². The molecule has 2 aromatic heterocycles. The highest BCUT2D eigenvalue weighted by atomic mass is 16.2. The van der Waals surface area contributed by atoms with Crippen LogP contribution in [0.3, 0.4) is 0 Å². The number of anilines is 1. The summed E-state index contributed by atoms with van der Waals surface area (Å²) in [7, 11) is 1.78. The molecule has 5 nitrogen and oxygen atoms in total. The van der Waals surface area contributed by atoms with E-state index >= 15 is 0 Å². The molecule has 1 fully saturated rings. The van der Waals surface area contributed by atoms with Crippen LogP contribution in [0.2, 0.25) is 0 Å². The monoisotopic (exact) mass is 230 g/mol. The van der Waals surface area contributed by atoms with Gasteiger partial charge in [-0.05, 0) is 25.8 Å². The fourth-order valence-corrected chi connectivity index (χ4v) is 1.95. The molecule has 0 spiro atoms. The topological polar surface area (TPSA) is 50.5 Å². The van der Waals surface area contributed by atoms with Crippen LogP contribution in [-0.4, -0.2) is 27.6 Å². The van der Waals surface area contributed by atoms with Crippen LogP contribution >= 0.6 is 0 Å². The summed E-state index contributed by atoms with van der Waals surface area (Å²) < 4.78 is 1.76. The Bertz CT molecular complexity index is 585. The molecule has 2 aromatic rings. The minimum absolute atomic E-state index is 0.156. The van der Waals surface area contributed by atoms with Crippen LogP contribution in [0.25, 0.3) is 5.52 Å². The molecule has 0 aromatic carbocycles. The average Bonchev–Trinajstić information content (AvgIpc) is 3.05. The Kier molecular flexibility index (Phi) is 2.14. The maximum Gasteiger partial charge on any atom is 0.231 e. The molecule has 0 unspecified atom stereocenters. The van der Waals surface area contributed by atoms with Gasteiger partial charge in [0.05, 0.1) is 23.6 Å². The van der Waals surface area contributed by atoms with Crippen molar-refractivity contribution in [2.45, 2.75) is 19.8 Å². The molecule has 1 amide bonds. The number of aryl methyl sites for hydroxylation is 1. The Morgan fingerprint density at radius 3 is 3.00 bits per heavy atom. The molecule has 3 rings (SSSR count). The minimum atomic E-state index is 0.156. The molecule has 1 aliphatic carbocycles. The predicted octanol–water partition coefficient (Wildman–Crippen LogP) is 1.41. The van der Waals surface area contributed by atoms with E-state index in [2.05, 4.69) is 10.1 Å². The Labute approximate surface area is 99.1 Å². The van der Waals surface area contributed by atoms with Crippen LogP contribution in [0.15, 0.2) is 18.5 Å². The zero-order valence-electron chi connectivity index (χ0n) is 9.92. The summed E-state index contributed by atoms with van der Waals surface area (Å²) in [5.74, 6) is 1.02. The van der Waals surface area contributed by atoms with Crippen LogP contribution in [0.1, 0.15) is 18.5 Å². The van der Waals surface area contributed by atoms with Crippen molar-refractivity contribution < 1.29 is 4.79 Å². The lowest BCUT2D eigenvalue weighted by molar-refractivity contribution is -0.119. The summed E-state index contributed by atoms with van der Waals surface area (Å²) in [6.45, 7) is 1.93. The maximum atomic E-state index is 11.9. The molecule has 0 atom stereocenters. The number of hydrogen-bond donors (Lipinski definition) is 0. The van der Waals surface area contributed by atoms with Gasteiger partial charge in [0.2, 0.25) is 5.91 Å². The van der Waals surface area contributed by atoms with Gasteiger partial charge in [-0.1, -0.05) is 0 Å². The van der Waals surface area contributed by atoms with Crippen molar-refractivity contribution in [3.8, 4) is 0 Å². The highest BCUT2D eigenvalue weighted by molar-refractivity contribution is 5.95. The average molecular weight is 230 g/mol. The van der Waals surface area contributed by atoms with E-state index in [0.717, 1.165) is 24.1 Å². The molecule has 88 valence electrons. The maximum absolute atomic E-state index is 11.9. The summed E-state index contributed by atoms with van der Waals surface area (Å²) in [4.78, 5) is 18.0. The van der Waals surface area contributed by atoms with Crippen molar-refractivity contribution >= 4 is 17.2 Å². The molecule has 1 aliphatic rings. The molecular weight excluding hydrogens is 216 g/mol. The van der Waals surface area contributed by atoms with Gasteiger partial charge in [0.25, 0.3) is 0 Å². The second-order valence-electron chi connectivity index (χ2n) is 4.52. The normalized spacial score (nSPS) is 15.2. The van der Waals surface area contributed by atoms with Gasteiger partial charge in [-0.2, -0.15) is 5.10 Å². The first-order valence-electron chi connectivity index (χ1n) is 5.75. The van der Waals surface area contributed by atoms with Crippen molar-refractivity contribution in [3.63, 3.8) is 0 Å². The van der Waals surface area contributed by atoms with Gasteiger partial charge >= 0.3 is 0 Å². The highest BCUT2D eigenvalue weighted by Crippen LogP contribution is 2.31. The first kappa shape index (κ1) is 10.3. The van der Waals surface area contributed by atoms with Crippen molar-refractivity contribution in [2.75, 3.05) is 11.9 Å². The Hall–Kier alpha value is -1.91. The number of carbonyl (C=O) groups is 1. The number of carbonyl (C=O) groups excluding carboxylic acids is 1. The number of fused-ring (bicyclic) bond motifs is 1. The molecule has 0 aliphatic heterocycles. The molecule has 0 bridgehead atoms. The van der Waals surface area contributed by atoms with Gasteiger partial charge in [0.1, 0.15) is 0 Å². The van der Waals surface area contributed by atoms with Crippen LogP contribution in [-0.2, 0) is 4.79 Å². The van der Waals surface area contributed by atoms with E-state index < -0.39 is 0 Å². The van der Waals surface area contributed by atoms with E-state index in [0.29, 0.717) is 5.82 Å². The molecular formula is C12H14N4O. The number of aromatic nitrogens is 3. The van der Waals surface area contributed by atoms with E-state index in [1.54, 1.807) is 28.9 Å². The third-order valence-electron chi connectivity index (χ3n) is 3.16. The first-order chi connectivity index (χ1) is 8.16. The highest BCUT2D eigenvalue weighted by Gasteiger charge is 2.33. The lowest BCUT2D eigenvalue weighted by Gasteiger charge is -2.16. The van der Waals surface area contributed by atoms with E-state index in [4.69, 9.17) is 0 Å². The van der Waals surface area contributed by atoms with E-state index in [-0.39, 0.29) is 11.8 Å². The number of rotatable bonds is 2. The Balaban J connectivity index is 2.01. The standard InChI is InChI=1S/C12H14N4O/c1-8-10-5-6-13-16(10)7-11(14-8)15(2)12(17)9-3-4-9/h5-7,9H,3-4H2,1-2H3. The summed E-state index contributed by atoms with van der Waals surface area (Å²) in [5, 5.41) is 4.18. The molecule has 17 heavy (non-hydrogen) atoms. The SMILES string of the molecule is Cc1nc(N(C)C(=O)C2CC2)cn2nccc12. The fourth-order valence-electron chi connectivity index (χ4n) is 1.95. The summed E-state index contributed by atoms with van der Waals surface area (Å²) >= 11 is 0. The van der Waals surface area contributed by atoms with Crippen LogP contribution < -0.4 is 4.90 Å². The summed E-state index contributed by atoms with van der Waals surface area (Å²) in [5.41, 5.74) is 1.86. The lowest BCUT2D eigenvalue weighted by Crippen LogP contribution is -2.29. The van der Waals surface area contributed by atoms with Gasteiger partial charge < -0.3 is 0 Å². The fraction of sp³-hybridized carbons (Fsp3) is 0.417. The van der Waals surface area contributed by atoms with Crippen LogP contribution in [0, 0.1) is 12.8 Å². The Morgan fingerprint density at radius 2 is 2.29 bits per heavy atom. The zero-order chi connectivity index (χ0) is 12.0. The molecule has 0 radical (unpaired) electrons. The second-order valence-corrected chi connectivity index (χ2v) is 4.52. The van der Waals surface area contributed by atoms with Crippen LogP contribution in [0.5, 0.6) is 0 Å².